The molecule has 1 N–H and O–H groups in total. The Morgan fingerprint density at radius 1 is 1.26 bits per heavy atom. The molecule has 2 nitrogen and oxygen atoms in total. The predicted molar refractivity (Wildman–Crippen MR) is 76.5 cm³/mol. The predicted octanol–water partition coefficient (Wildman–Crippen LogP) is 2.57. The van der Waals surface area contributed by atoms with Gasteiger partial charge in [0.15, 0.2) is 0 Å². The molecule has 0 aromatic heterocycles. The molecular formula is C17H21NO. The van der Waals surface area contributed by atoms with Gasteiger partial charge in [-0.15, -0.1) is 5.92 Å². The summed E-state index contributed by atoms with van der Waals surface area (Å²) in [6.45, 7) is 1.28. The van der Waals surface area contributed by atoms with Crippen LogP contribution in [0.4, 0.5) is 0 Å². The zero-order valence-electron chi connectivity index (χ0n) is 11.3. The minimum absolute atomic E-state index is 0.248. The zero-order chi connectivity index (χ0) is 13.1. The molecule has 0 amide bonds. The molecule has 1 saturated carbocycles. The Balaban J connectivity index is 1.62. The molecule has 100 valence electrons. The van der Waals surface area contributed by atoms with Gasteiger partial charge in [-0.1, -0.05) is 36.3 Å². The van der Waals surface area contributed by atoms with Gasteiger partial charge < -0.3 is 5.11 Å². The third-order valence-electron chi connectivity index (χ3n) is 4.44. The van der Waals surface area contributed by atoms with E-state index in [4.69, 9.17) is 5.11 Å². The van der Waals surface area contributed by atoms with Gasteiger partial charge in [0, 0.05) is 25.1 Å². The largest absolute Gasteiger partial charge is 0.396 e. The van der Waals surface area contributed by atoms with Crippen molar-refractivity contribution in [2.45, 2.75) is 50.2 Å². The lowest BCUT2D eigenvalue weighted by Crippen LogP contribution is -2.28. The highest BCUT2D eigenvalue weighted by molar-refractivity contribution is 5.34. The number of benzene rings is 1. The van der Waals surface area contributed by atoms with E-state index in [2.05, 4.69) is 47.1 Å². The molecule has 2 fully saturated rings. The summed E-state index contributed by atoms with van der Waals surface area (Å²) in [5, 5.41) is 8.78. The standard InChI is InChI=1S/C17H21NO/c19-13-6-2-5-10-16-17(11-7-12-17)18(16)14-15-8-3-1-4-9-15/h1,3-4,8-9,16,19H,2,6-7,11-14H2. The van der Waals surface area contributed by atoms with Gasteiger partial charge in [-0.25, -0.2) is 0 Å². The van der Waals surface area contributed by atoms with E-state index in [1.807, 2.05) is 0 Å². The summed E-state index contributed by atoms with van der Waals surface area (Å²) in [4.78, 5) is 2.55. The number of aliphatic hydroxyl groups excluding tert-OH is 1. The van der Waals surface area contributed by atoms with Crippen LogP contribution in [0.1, 0.15) is 37.7 Å². The fourth-order valence-electron chi connectivity index (χ4n) is 3.11. The number of unbranched alkanes of at least 4 members (excludes halogenated alkanes) is 1. The second-order valence-corrected chi connectivity index (χ2v) is 5.62. The molecule has 1 aromatic rings. The molecule has 0 radical (unpaired) electrons. The first kappa shape index (κ1) is 12.7. The molecule has 1 spiro atoms. The van der Waals surface area contributed by atoms with Gasteiger partial charge in [0.2, 0.25) is 0 Å². The topological polar surface area (TPSA) is 23.2 Å². The maximum atomic E-state index is 8.78. The van der Waals surface area contributed by atoms with Gasteiger partial charge in [0.05, 0.1) is 6.04 Å². The highest BCUT2D eigenvalue weighted by atomic mass is 16.2. The van der Waals surface area contributed by atoms with E-state index >= 15 is 0 Å². The summed E-state index contributed by atoms with van der Waals surface area (Å²) in [7, 11) is 0. The van der Waals surface area contributed by atoms with Crippen molar-refractivity contribution in [1.29, 1.82) is 0 Å². The molecule has 19 heavy (non-hydrogen) atoms. The maximum absolute atomic E-state index is 8.78. The van der Waals surface area contributed by atoms with Crippen molar-refractivity contribution >= 4 is 0 Å². The summed E-state index contributed by atoms with van der Waals surface area (Å²) < 4.78 is 0. The van der Waals surface area contributed by atoms with Crippen LogP contribution in [-0.2, 0) is 6.54 Å². The Labute approximate surface area is 115 Å². The number of hydrogen-bond donors (Lipinski definition) is 1. The minimum Gasteiger partial charge on any atom is -0.396 e. The van der Waals surface area contributed by atoms with Gasteiger partial charge in [-0.3, -0.25) is 4.90 Å². The van der Waals surface area contributed by atoms with E-state index in [-0.39, 0.29) is 6.61 Å². The SMILES string of the molecule is OCCCC#CC1N(Cc2ccccc2)C12CCC2. The van der Waals surface area contributed by atoms with E-state index in [1.54, 1.807) is 0 Å². The summed E-state index contributed by atoms with van der Waals surface area (Å²) in [6, 6.07) is 11.1. The van der Waals surface area contributed by atoms with E-state index in [1.165, 1.54) is 24.8 Å². The summed E-state index contributed by atoms with van der Waals surface area (Å²) in [6.07, 6.45) is 5.58. The van der Waals surface area contributed by atoms with Crippen LogP contribution >= 0.6 is 0 Å². The Hall–Kier alpha value is -1.30. The number of aliphatic hydroxyl groups is 1. The van der Waals surface area contributed by atoms with Gasteiger partial charge >= 0.3 is 0 Å². The van der Waals surface area contributed by atoms with Crippen LogP contribution in [-0.4, -0.2) is 28.2 Å². The van der Waals surface area contributed by atoms with Crippen molar-refractivity contribution in [3.8, 4) is 11.8 Å². The average molecular weight is 255 g/mol. The fourth-order valence-corrected chi connectivity index (χ4v) is 3.11. The Kier molecular flexibility index (Phi) is 3.59. The lowest BCUT2D eigenvalue weighted by molar-refractivity contribution is 0.270. The maximum Gasteiger partial charge on any atom is 0.0909 e. The van der Waals surface area contributed by atoms with Crippen LogP contribution in [0, 0.1) is 11.8 Å². The Morgan fingerprint density at radius 2 is 2.05 bits per heavy atom. The van der Waals surface area contributed by atoms with Crippen molar-refractivity contribution in [2.24, 2.45) is 0 Å². The van der Waals surface area contributed by atoms with Crippen LogP contribution in [0.25, 0.3) is 0 Å². The number of rotatable bonds is 4. The van der Waals surface area contributed by atoms with Crippen LogP contribution in [0.2, 0.25) is 0 Å². The third kappa shape index (κ3) is 2.41. The molecule has 2 atom stereocenters. The van der Waals surface area contributed by atoms with E-state index < -0.39 is 0 Å². The van der Waals surface area contributed by atoms with Crippen LogP contribution < -0.4 is 0 Å². The van der Waals surface area contributed by atoms with Crippen molar-refractivity contribution < 1.29 is 5.11 Å². The summed E-state index contributed by atoms with van der Waals surface area (Å²) in [5.41, 5.74) is 1.79. The highest BCUT2D eigenvalue weighted by Gasteiger charge is 2.64. The Morgan fingerprint density at radius 3 is 2.68 bits per heavy atom. The summed E-state index contributed by atoms with van der Waals surface area (Å²) >= 11 is 0. The van der Waals surface area contributed by atoms with Crippen molar-refractivity contribution in [3.63, 3.8) is 0 Å². The molecule has 1 aliphatic heterocycles. The summed E-state index contributed by atoms with van der Waals surface area (Å²) in [5.74, 6) is 6.66. The van der Waals surface area contributed by atoms with E-state index in [0.717, 1.165) is 19.4 Å². The molecule has 0 bridgehead atoms. The number of hydrogen-bond acceptors (Lipinski definition) is 2. The molecule has 2 unspecified atom stereocenters. The molecule has 1 heterocycles. The smallest absolute Gasteiger partial charge is 0.0909 e. The van der Waals surface area contributed by atoms with E-state index in [9.17, 15) is 0 Å². The first-order valence-electron chi connectivity index (χ1n) is 7.27. The monoisotopic (exact) mass is 255 g/mol. The second kappa shape index (κ2) is 5.36. The zero-order valence-corrected chi connectivity index (χ0v) is 11.3. The molecular weight excluding hydrogens is 234 g/mol. The van der Waals surface area contributed by atoms with Crippen LogP contribution in [0.3, 0.4) is 0 Å². The van der Waals surface area contributed by atoms with Gasteiger partial charge in [-0.05, 0) is 31.2 Å². The van der Waals surface area contributed by atoms with E-state index in [0.29, 0.717) is 11.6 Å². The highest BCUT2D eigenvalue weighted by Crippen LogP contribution is 2.55. The van der Waals surface area contributed by atoms with Crippen LogP contribution in [0.15, 0.2) is 30.3 Å². The average Bonchev–Trinajstić information content (AvgIpc) is 3.03. The van der Waals surface area contributed by atoms with Gasteiger partial charge in [0.25, 0.3) is 0 Å². The number of nitrogens with zero attached hydrogens (tertiary/aromatic N) is 1. The van der Waals surface area contributed by atoms with Crippen molar-refractivity contribution in [3.05, 3.63) is 35.9 Å². The molecule has 3 rings (SSSR count). The molecule has 1 aliphatic carbocycles. The first-order valence-corrected chi connectivity index (χ1v) is 7.27. The molecule has 1 saturated heterocycles. The van der Waals surface area contributed by atoms with Crippen molar-refractivity contribution in [1.82, 2.24) is 4.90 Å². The molecule has 2 aliphatic rings. The van der Waals surface area contributed by atoms with Gasteiger partial charge in [-0.2, -0.15) is 0 Å². The fraction of sp³-hybridized carbons (Fsp3) is 0.529. The minimum atomic E-state index is 0.248. The second-order valence-electron chi connectivity index (χ2n) is 5.62. The van der Waals surface area contributed by atoms with Crippen LogP contribution in [0.5, 0.6) is 0 Å². The first-order chi connectivity index (χ1) is 9.37. The normalized spacial score (nSPS) is 26.4. The quantitative estimate of drug-likeness (QED) is 0.508. The molecule has 2 heteroatoms. The lowest BCUT2D eigenvalue weighted by atomic mass is 9.81. The third-order valence-corrected chi connectivity index (χ3v) is 4.44. The van der Waals surface area contributed by atoms with Gasteiger partial charge in [0.1, 0.15) is 0 Å². The Bertz CT molecular complexity index is 481. The molecule has 1 aromatic carbocycles. The van der Waals surface area contributed by atoms with Crippen molar-refractivity contribution in [2.75, 3.05) is 6.61 Å². The lowest BCUT2D eigenvalue weighted by Gasteiger charge is -2.26.